The molecule has 0 atom stereocenters. The fourth-order valence-corrected chi connectivity index (χ4v) is 5.23. The monoisotopic (exact) mass is 664 g/mol. The maximum atomic E-state index is 11.1. The van der Waals surface area contributed by atoms with Crippen molar-refractivity contribution in [2.45, 2.75) is 92.4 Å². The molecule has 0 unspecified atom stereocenters. The van der Waals surface area contributed by atoms with Crippen molar-refractivity contribution in [1.29, 1.82) is 0 Å². The van der Waals surface area contributed by atoms with Gasteiger partial charge in [-0.05, 0) is 82.6 Å². The Morgan fingerprint density at radius 2 is 1.59 bits per heavy atom. The Bertz CT molecular complexity index is 1340. The molecule has 0 amide bonds. The van der Waals surface area contributed by atoms with Crippen molar-refractivity contribution < 1.29 is 8.42 Å². The van der Waals surface area contributed by atoms with E-state index in [1.165, 1.54) is 31.9 Å². The van der Waals surface area contributed by atoms with Gasteiger partial charge in [0.15, 0.2) is 9.84 Å². The van der Waals surface area contributed by atoms with E-state index in [0.29, 0.717) is 15.8 Å². The summed E-state index contributed by atoms with van der Waals surface area (Å²) >= 11 is 9.62. The first-order valence-corrected chi connectivity index (χ1v) is 16.9. The second-order valence-corrected chi connectivity index (χ2v) is 13.7. The van der Waals surface area contributed by atoms with Crippen molar-refractivity contribution in [2.75, 3.05) is 6.26 Å². The number of halogens is 2. The van der Waals surface area contributed by atoms with Crippen LogP contribution in [-0.2, 0) is 9.84 Å². The lowest BCUT2D eigenvalue weighted by Crippen LogP contribution is -1.98. The molecule has 7 heteroatoms. The highest BCUT2D eigenvalue weighted by atomic mass is 79.9. The molecule has 1 heterocycles. The second-order valence-electron chi connectivity index (χ2n) is 10.5. The third-order valence-electron chi connectivity index (χ3n) is 6.42. The molecule has 0 saturated carbocycles. The van der Waals surface area contributed by atoms with Crippen molar-refractivity contribution in [3.8, 4) is 0 Å². The van der Waals surface area contributed by atoms with Gasteiger partial charge in [0, 0.05) is 17.0 Å². The number of nitrogens with zero attached hydrogens (tertiary/aromatic N) is 2. The molecule has 0 aliphatic carbocycles. The van der Waals surface area contributed by atoms with Crippen molar-refractivity contribution in [2.24, 2.45) is 5.92 Å². The summed E-state index contributed by atoms with van der Waals surface area (Å²) in [5.74, 6) is 1.40. The maximum absolute atomic E-state index is 11.1. The Morgan fingerprint density at radius 1 is 1.05 bits per heavy atom. The van der Waals surface area contributed by atoms with E-state index in [1.54, 1.807) is 18.3 Å². The fraction of sp³-hybridized carbons (Fsp3) is 0.441. The maximum Gasteiger partial charge on any atom is 0.175 e. The molecule has 4 nitrogen and oxygen atoms in total. The number of sulfone groups is 1. The highest BCUT2D eigenvalue weighted by Crippen LogP contribution is 2.26. The molecule has 0 N–H and O–H groups in total. The Kier molecular flexibility index (Phi) is 18.1. The highest BCUT2D eigenvalue weighted by molar-refractivity contribution is 9.10. The smallest absolute Gasteiger partial charge is 0.175 e. The van der Waals surface area contributed by atoms with Crippen molar-refractivity contribution >= 4 is 48.6 Å². The highest BCUT2D eigenvalue weighted by Gasteiger charge is 2.08. The molecule has 0 aliphatic rings. The van der Waals surface area contributed by atoms with Crippen LogP contribution in [0.25, 0.3) is 11.3 Å². The van der Waals surface area contributed by atoms with E-state index in [-0.39, 0.29) is 7.43 Å². The van der Waals surface area contributed by atoms with E-state index >= 15 is 0 Å². The Balaban J connectivity index is 0.000000634. The first kappa shape index (κ1) is 38.9. The molecule has 0 fully saturated rings. The van der Waals surface area contributed by atoms with Crippen LogP contribution in [0.1, 0.15) is 97.4 Å². The summed E-state index contributed by atoms with van der Waals surface area (Å²) in [6, 6.07) is 14.7. The van der Waals surface area contributed by atoms with Crippen LogP contribution < -0.4 is 0 Å². The van der Waals surface area contributed by atoms with Crippen molar-refractivity contribution in [1.82, 2.24) is 9.78 Å². The van der Waals surface area contributed by atoms with Gasteiger partial charge in [0.25, 0.3) is 0 Å². The topological polar surface area (TPSA) is 52.0 Å². The molecule has 2 aromatic carbocycles. The normalized spacial score (nSPS) is 11.3. The van der Waals surface area contributed by atoms with Gasteiger partial charge in [-0.15, -0.1) is 0 Å². The Labute approximate surface area is 264 Å². The minimum absolute atomic E-state index is 0. The standard InChI is InChI=1S/C15H14BrClN2.C10H14O2S.C8H18.CH4/c1-10(13-6-4-5-7-15(13)17)8-11(2)19-12(3)14(16)9-18-19;1-8(2)9-4-6-10(7-5-9)13(3,11)12;1-4-6-8(3)7-5-2;/h4-9H,1H2,2-3H3;4-8H,1-3H3;8H,4-7H2,1-3H3;1H4/b11-8-;;;. The zero-order valence-electron chi connectivity index (χ0n) is 25.3. The zero-order chi connectivity index (χ0) is 30.5. The summed E-state index contributed by atoms with van der Waals surface area (Å²) < 4.78 is 25.1. The quantitative estimate of drug-likeness (QED) is 0.214. The van der Waals surface area contributed by atoms with Gasteiger partial charge in [-0.2, -0.15) is 5.10 Å². The van der Waals surface area contributed by atoms with Gasteiger partial charge in [-0.25, -0.2) is 13.1 Å². The predicted molar refractivity (Wildman–Crippen MR) is 184 cm³/mol. The first-order chi connectivity index (χ1) is 18.7. The first-order valence-electron chi connectivity index (χ1n) is 13.8. The molecule has 3 aromatic rings. The summed E-state index contributed by atoms with van der Waals surface area (Å²) in [6.07, 6.45) is 10.5. The van der Waals surface area contributed by atoms with E-state index in [4.69, 9.17) is 11.6 Å². The third-order valence-corrected chi connectivity index (χ3v) is 8.66. The van der Waals surface area contributed by atoms with Crippen LogP contribution in [0.15, 0.2) is 76.8 Å². The molecule has 1 aromatic heterocycles. The Hall–Kier alpha value is -2.15. The molecule has 228 valence electrons. The lowest BCUT2D eigenvalue weighted by molar-refractivity contribution is 0.480. The van der Waals surface area contributed by atoms with E-state index in [2.05, 4.69) is 62.2 Å². The van der Waals surface area contributed by atoms with Crippen LogP contribution in [0.4, 0.5) is 0 Å². The molecular formula is C34H50BrClN2O2S. The second kappa shape index (κ2) is 19.1. The van der Waals surface area contributed by atoms with E-state index < -0.39 is 9.84 Å². The lowest BCUT2D eigenvalue weighted by Gasteiger charge is -2.08. The van der Waals surface area contributed by atoms with Gasteiger partial charge in [0.05, 0.1) is 21.3 Å². The fourth-order valence-electron chi connectivity index (χ4n) is 4.09. The molecule has 0 radical (unpaired) electrons. The van der Waals surface area contributed by atoms with Gasteiger partial charge < -0.3 is 0 Å². The van der Waals surface area contributed by atoms with E-state index in [9.17, 15) is 8.42 Å². The predicted octanol–water partition coefficient (Wildman–Crippen LogP) is 11.3. The summed E-state index contributed by atoms with van der Waals surface area (Å²) in [4.78, 5) is 0.386. The van der Waals surface area contributed by atoms with E-state index in [0.717, 1.165) is 38.5 Å². The van der Waals surface area contributed by atoms with Gasteiger partial charge >= 0.3 is 0 Å². The molecule has 41 heavy (non-hydrogen) atoms. The van der Waals surface area contributed by atoms with Crippen LogP contribution in [0.3, 0.4) is 0 Å². The van der Waals surface area contributed by atoms with Gasteiger partial charge in [0.2, 0.25) is 0 Å². The number of hydrogen-bond acceptors (Lipinski definition) is 3. The molecule has 0 aliphatic heterocycles. The summed E-state index contributed by atoms with van der Waals surface area (Å²) in [5, 5.41) is 5.02. The van der Waals surface area contributed by atoms with Gasteiger partial charge in [0.1, 0.15) is 0 Å². The van der Waals surface area contributed by atoms with Crippen LogP contribution in [-0.4, -0.2) is 24.5 Å². The average molecular weight is 666 g/mol. The third kappa shape index (κ3) is 13.6. The molecular weight excluding hydrogens is 616 g/mol. The van der Waals surface area contributed by atoms with Crippen LogP contribution in [0.2, 0.25) is 5.02 Å². The number of rotatable bonds is 9. The minimum atomic E-state index is -3.05. The van der Waals surface area contributed by atoms with Crippen LogP contribution >= 0.6 is 27.5 Å². The van der Waals surface area contributed by atoms with Crippen LogP contribution in [0.5, 0.6) is 0 Å². The summed E-state index contributed by atoms with van der Waals surface area (Å²) in [5.41, 5.74) is 5.02. The van der Waals surface area contributed by atoms with Gasteiger partial charge in [-0.1, -0.05) is 116 Å². The summed E-state index contributed by atoms with van der Waals surface area (Å²) in [7, 11) is -3.05. The zero-order valence-corrected chi connectivity index (χ0v) is 28.5. The SMILES string of the molecule is C.C=C(/C=C(/C)n1ncc(Br)c1C)c1ccccc1Cl.CC(C)c1ccc(S(C)(=O)=O)cc1.CCCC(C)CCC. The number of aromatic nitrogens is 2. The number of hydrogen-bond donors (Lipinski definition) is 0. The lowest BCUT2D eigenvalue weighted by atomic mass is 10.0. The van der Waals surface area contributed by atoms with Crippen molar-refractivity contribution in [3.63, 3.8) is 0 Å². The summed E-state index contributed by atoms with van der Waals surface area (Å²) in [6.45, 7) is 19.1. The Morgan fingerprint density at radius 3 is 2.00 bits per heavy atom. The molecule has 3 rings (SSSR count). The molecule has 0 bridgehead atoms. The van der Waals surface area contributed by atoms with Gasteiger partial charge in [-0.3, -0.25) is 0 Å². The number of allylic oxidation sites excluding steroid dienone is 3. The minimum Gasteiger partial charge on any atom is -0.241 e. The molecule has 0 saturated heterocycles. The largest absolute Gasteiger partial charge is 0.241 e. The number of benzene rings is 2. The average Bonchev–Trinajstić information content (AvgIpc) is 3.23. The van der Waals surface area contributed by atoms with Crippen molar-refractivity contribution in [3.05, 3.63) is 93.7 Å². The van der Waals surface area contributed by atoms with E-state index in [1.807, 2.05) is 61.0 Å². The molecule has 0 spiro atoms. The van der Waals surface area contributed by atoms with Crippen LogP contribution in [0, 0.1) is 12.8 Å².